The van der Waals surface area contributed by atoms with Gasteiger partial charge in [0.05, 0.1) is 17.8 Å². The van der Waals surface area contributed by atoms with E-state index in [1.807, 2.05) is 12.1 Å². The Kier molecular flexibility index (Phi) is 3.20. The maximum atomic E-state index is 13.8. The molecule has 0 unspecified atom stereocenters. The standard InChI is InChI=1S/C13H11ClFNO/c1-17-13-5-3-2-4-8(13)9-6-10(14)12(16)7-11(9)15/h2-7H,16H2,1H3. The van der Waals surface area contributed by atoms with Crippen molar-refractivity contribution < 1.29 is 9.13 Å². The Morgan fingerprint density at radius 1 is 1.18 bits per heavy atom. The zero-order valence-corrected chi connectivity index (χ0v) is 9.96. The van der Waals surface area contributed by atoms with Crippen molar-refractivity contribution in [1.29, 1.82) is 0 Å². The summed E-state index contributed by atoms with van der Waals surface area (Å²) in [5.41, 5.74) is 6.78. The molecule has 2 rings (SSSR count). The summed E-state index contributed by atoms with van der Waals surface area (Å²) in [7, 11) is 1.54. The first kappa shape index (κ1) is 11.7. The lowest BCUT2D eigenvalue weighted by atomic mass is 10.0. The number of rotatable bonds is 2. The van der Waals surface area contributed by atoms with Gasteiger partial charge in [-0.05, 0) is 18.2 Å². The molecule has 88 valence electrons. The lowest BCUT2D eigenvalue weighted by Crippen LogP contribution is -1.93. The average Bonchev–Trinajstić information content (AvgIpc) is 2.34. The molecule has 0 aliphatic carbocycles. The van der Waals surface area contributed by atoms with E-state index in [1.54, 1.807) is 12.1 Å². The van der Waals surface area contributed by atoms with Crippen molar-refractivity contribution in [3.63, 3.8) is 0 Å². The number of para-hydroxylation sites is 1. The Hall–Kier alpha value is -1.74. The van der Waals surface area contributed by atoms with Gasteiger partial charge in [0.1, 0.15) is 11.6 Å². The van der Waals surface area contributed by atoms with Crippen LogP contribution in [0.25, 0.3) is 11.1 Å². The van der Waals surface area contributed by atoms with Crippen LogP contribution in [0, 0.1) is 5.82 Å². The Labute approximate surface area is 104 Å². The van der Waals surface area contributed by atoms with Crippen molar-refractivity contribution in [2.45, 2.75) is 0 Å². The topological polar surface area (TPSA) is 35.2 Å². The molecule has 0 aromatic heterocycles. The van der Waals surface area contributed by atoms with E-state index in [0.717, 1.165) is 0 Å². The molecule has 0 saturated heterocycles. The molecule has 0 heterocycles. The molecule has 4 heteroatoms. The molecule has 0 radical (unpaired) electrons. The van der Waals surface area contributed by atoms with E-state index in [2.05, 4.69) is 0 Å². The molecule has 2 nitrogen and oxygen atoms in total. The maximum absolute atomic E-state index is 13.8. The van der Waals surface area contributed by atoms with Crippen LogP contribution in [0.4, 0.5) is 10.1 Å². The maximum Gasteiger partial charge on any atom is 0.133 e. The van der Waals surface area contributed by atoms with Gasteiger partial charge in [0, 0.05) is 11.1 Å². The summed E-state index contributed by atoms with van der Waals surface area (Å²) in [6.45, 7) is 0. The van der Waals surface area contributed by atoms with Gasteiger partial charge in [-0.1, -0.05) is 29.8 Å². The number of hydrogen-bond acceptors (Lipinski definition) is 2. The quantitative estimate of drug-likeness (QED) is 0.826. The van der Waals surface area contributed by atoms with Crippen LogP contribution in [-0.2, 0) is 0 Å². The highest BCUT2D eigenvalue weighted by atomic mass is 35.5. The first-order valence-corrected chi connectivity index (χ1v) is 5.39. The van der Waals surface area contributed by atoms with Crippen LogP contribution in [0.15, 0.2) is 36.4 Å². The van der Waals surface area contributed by atoms with Gasteiger partial charge in [-0.2, -0.15) is 0 Å². The fourth-order valence-corrected chi connectivity index (χ4v) is 1.80. The molecule has 0 amide bonds. The van der Waals surface area contributed by atoms with Crippen molar-refractivity contribution in [2.75, 3.05) is 12.8 Å². The number of hydrogen-bond donors (Lipinski definition) is 1. The molecule has 0 bridgehead atoms. The van der Waals surface area contributed by atoms with Crippen LogP contribution in [0.5, 0.6) is 5.75 Å². The predicted molar refractivity (Wildman–Crippen MR) is 67.8 cm³/mol. The minimum Gasteiger partial charge on any atom is -0.496 e. The molecule has 2 aromatic carbocycles. The van der Waals surface area contributed by atoms with Gasteiger partial charge < -0.3 is 10.5 Å². The van der Waals surface area contributed by atoms with Crippen molar-refractivity contribution in [3.05, 3.63) is 47.2 Å². The number of methoxy groups -OCH3 is 1. The van der Waals surface area contributed by atoms with Crippen molar-refractivity contribution in [2.24, 2.45) is 0 Å². The van der Waals surface area contributed by atoms with Crippen molar-refractivity contribution in [1.82, 2.24) is 0 Å². The minimum absolute atomic E-state index is 0.225. The largest absolute Gasteiger partial charge is 0.496 e. The third-order valence-electron chi connectivity index (χ3n) is 2.48. The van der Waals surface area contributed by atoms with Crippen LogP contribution in [-0.4, -0.2) is 7.11 Å². The Balaban J connectivity index is 2.64. The summed E-state index contributed by atoms with van der Waals surface area (Å²) in [6, 6.07) is 9.87. The lowest BCUT2D eigenvalue weighted by Gasteiger charge is -2.10. The molecule has 0 aliphatic heterocycles. The summed E-state index contributed by atoms with van der Waals surface area (Å²) < 4.78 is 19.0. The molecule has 0 atom stereocenters. The van der Waals surface area contributed by atoms with Crippen LogP contribution in [0.2, 0.25) is 5.02 Å². The van der Waals surface area contributed by atoms with Crippen molar-refractivity contribution in [3.8, 4) is 16.9 Å². The van der Waals surface area contributed by atoms with E-state index in [1.165, 1.54) is 19.2 Å². The number of nitrogen functional groups attached to an aromatic ring is 1. The second-order valence-electron chi connectivity index (χ2n) is 3.55. The minimum atomic E-state index is -0.420. The predicted octanol–water partition coefficient (Wildman–Crippen LogP) is 3.74. The summed E-state index contributed by atoms with van der Waals surface area (Å²) >= 11 is 5.90. The fraction of sp³-hybridized carbons (Fsp3) is 0.0769. The number of benzene rings is 2. The van der Waals surface area contributed by atoms with Crippen LogP contribution >= 0.6 is 11.6 Å². The van der Waals surface area contributed by atoms with E-state index < -0.39 is 5.82 Å². The zero-order valence-electron chi connectivity index (χ0n) is 9.21. The molecular formula is C13H11ClFNO. The fourth-order valence-electron chi connectivity index (χ4n) is 1.64. The first-order chi connectivity index (χ1) is 8.13. The highest BCUT2D eigenvalue weighted by Gasteiger charge is 2.12. The molecule has 17 heavy (non-hydrogen) atoms. The van der Waals surface area contributed by atoms with Gasteiger partial charge in [-0.3, -0.25) is 0 Å². The van der Waals surface area contributed by atoms with Crippen LogP contribution in [0.1, 0.15) is 0 Å². The number of nitrogens with two attached hydrogens (primary N) is 1. The van der Waals surface area contributed by atoms with E-state index >= 15 is 0 Å². The Morgan fingerprint density at radius 2 is 1.88 bits per heavy atom. The lowest BCUT2D eigenvalue weighted by molar-refractivity contribution is 0.416. The Bertz CT molecular complexity index is 557. The number of anilines is 1. The number of ether oxygens (including phenoxy) is 1. The van der Waals surface area contributed by atoms with Gasteiger partial charge in [-0.25, -0.2) is 4.39 Å². The first-order valence-electron chi connectivity index (χ1n) is 5.01. The molecule has 2 aromatic rings. The second-order valence-corrected chi connectivity index (χ2v) is 3.96. The van der Waals surface area contributed by atoms with E-state index in [9.17, 15) is 4.39 Å². The highest BCUT2D eigenvalue weighted by Crippen LogP contribution is 2.35. The molecule has 2 N–H and O–H groups in total. The Morgan fingerprint density at radius 3 is 2.59 bits per heavy atom. The highest BCUT2D eigenvalue weighted by molar-refractivity contribution is 6.33. The average molecular weight is 252 g/mol. The van der Waals surface area contributed by atoms with Gasteiger partial charge in [0.25, 0.3) is 0 Å². The molecule has 0 spiro atoms. The summed E-state index contributed by atoms with van der Waals surface area (Å²) in [5.74, 6) is 0.170. The third kappa shape index (κ3) is 2.19. The summed E-state index contributed by atoms with van der Waals surface area (Å²) in [6.07, 6.45) is 0. The van der Waals surface area contributed by atoms with Gasteiger partial charge in [0.15, 0.2) is 0 Å². The third-order valence-corrected chi connectivity index (χ3v) is 2.81. The smallest absolute Gasteiger partial charge is 0.133 e. The zero-order chi connectivity index (χ0) is 12.4. The van der Waals surface area contributed by atoms with Crippen molar-refractivity contribution >= 4 is 17.3 Å². The van der Waals surface area contributed by atoms with Gasteiger partial charge in [0.2, 0.25) is 0 Å². The monoisotopic (exact) mass is 251 g/mol. The van der Waals surface area contributed by atoms with Gasteiger partial charge in [-0.15, -0.1) is 0 Å². The molecular weight excluding hydrogens is 241 g/mol. The second kappa shape index (κ2) is 4.63. The summed E-state index contributed by atoms with van der Waals surface area (Å²) in [5, 5.41) is 0.326. The van der Waals surface area contributed by atoms with Gasteiger partial charge >= 0.3 is 0 Å². The molecule has 0 saturated carbocycles. The van der Waals surface area contributed by atoms with E-state index in [-0.39, 0.29) is 5.69 Å². The SMILES string of the molecule is COc1ccccc1-c1cc(Cl)c(N)cc1F. The van der Waals surface area contributed by atoms with Crippen LogP contribution in [0.3, 0.4) is 0 Å². The molecule has 0 fully saturated rings. The normalized spacial score (nSPS) is 10.3. The van der Waals surface area contributed by atoms with E-state index in [0.29, 0.717) is 21.9 Å². The van der Waals surface area contributed by atoms with E-state index in [4.69, 9.17) is 22.1 Å². The number of halogens is 2. The summed E-state index contributed by atoms with van der Waals surface area (Å²) in [4.78, 5) is 0. The molecule has 0 aliphatic rings. The van der Waals surface area contributed by atoms with Crippen LogP contribution < -0.4 is 10.5 Å².